The number of amides is 5. The van der Waals surface area contributed by atoms with Gasteiger partial charge >= 0.3 is 12.2 Å². The maximum Gasteiger partial charge on any atom is 0.413 e. The zero-order valence-electron chi connectivity index (χ0n) is 41.4. The molecular weight excluding hydrogens is 841 g/mol. The number of Topliss-reactive ketones (excluding diaryl/α,β-unsaturated/α-hetero) is 1. The van der Waals surface area contributed by atoms with Crippen LogP contribution in [0.25, 0.3) is 0 Å². The Hall–Kier alpha value is -5.96. The number of epoxide rings is 1. The fourth-order valence-corrected chi connectivity index (χ4v) is 6.41. The van der Waals surface area contributed by atoms with Crippen molar-refractivity contribution in [3.05, 3.63) is 95.6 Å². The molecule has 15 heteroatoms. The van der Waals surface area contributed by atoms with Crippen LogP contribution in [-0.4, -0.2) is 110 Å². The van der Waals surface area contributed by atoms with Crippen LogP contribution in [0.5, 0.6) is 5.75 Å². The van der Waals surface area contributed by atoms with Crippen LogP contribution in [0.15, 0.2) is 78.9 Å². The Morgan fingerprint density at radius 2 is 1.32 bits per heavy atom. The van der Waals surface area contributed by atoms with Gasteiger partial charge in [0, 0.05) is 31.9 Å². The first kappa shape index (κ1) is 56.2. The highest BCUT2D eigenvalue weighted by Gasteiger charge is 2.49. The van der Waals surface area contributed by atoms with Crippen LogP contribution in [0.1, 0.15) is 98.8 Å². The molecule has 3 unspecified atom stereocenters. The first-order valence-electron chi connectivity index (χ1n) is 23.1. The van der Waals surface area contributed by atoms with Gasteiger partial charge in [-0.3, -0.25) is 19.2 Å². The van der Waals surface area contributed by atoms with Crippen molar-refractivity contribution < 1.29 is 43.0 Å². The highest BCUT2D eigenvalue weighted by Crippen LogP contribution is 2.29. The molecule has 15 nitrogen and oxygen atoms in total. The summed E-state index contributed by atoms with van der Waals surface area (Å²) in [6.07, 6.45) is 0.627. The molecule has 364 valence electrons. The van der Waals surface area contributed by atoms with E-state index in [2.05, 4.69) is 76.4 Å². The molecule has 2 aliphatic rings. The van der Waals surface area contributed by atoms with Crippen molar-refractivity contribution in [3.8, 4) is 5.75 Å². The van der Waals surface area contributed by atoms with Gasteiger partial charge in [-0.1, -0.05) is 108 Å². The molecule has 4 N–H and O–H groups in total. The highest BCUT2D eigenvalue weighted by atomic mass is 16.6. The second-order valence-electron chi connectivity index (χ2n) is 17.5. The first-order chi connectivity index (χ1) is 31.2. The van der Waals surface area contributed by atoms with Gasteiger partial charge in [0.2, 0.25) is 17.7 Å². The van der Waals surface area contributed by atoms with Gasteiger partial charge in [-0.05, 0) is 96.0 Å². The summed E-state index contributed by atoms with van der Waals surface area (Å²) in [5, 5.41) is 10.1. The number of carbonyl (C=O) groups excluding carboxylic acids is 6. The topological polar surface area (TPSA) is 188 Å². The number of piperazine rings is 1. The molecule has 2 aliphatic heterocycles. The van der Waals surface area contributed by atoms with E-state index in [9.17, 15) is 28.8 Å². The minimum absolute atomic E-state index is 0.0315. The molecule has 5 rings (SSSR count). The lowest BCUT2D eigenvalue weighted by Crippen LogP contribution is -2.53. The normalized spacial score (nSPS) is 15.9. The molecule has 2 heterocycles. The van der Waals surface area contributed by atoms with E-state index >= 15 is 0 Å². The minimum atomic E-state index is -0.957. The average molecular weight is 917 g/mol. The molecule has 66 heavy (non-hydrogen) atoms. The lowest BCUT2D eigenvalue weighted by Gasteiger charge is -2.37. The number of nitrogens with zero attached hydrogens (tertiary/aromatic N) is 2. The quantitative estimate of drug-likeness (QED) is 0.113. The second-order valence-corrected chi connectivity index (χ2v) is 17.5. The number of ether oxygens (including phenoxy) is 3. The van der Waals surface area contributed by atoms with Crippen molar-refractivity contribution in [2.45, 2.75) is 126 Å². The van der Waals surface area contributed by atoms with Crippen LogP contribution in [0.4, 0.5) is 15.3 Å². The van der Waals surface area contributed by atoms with Crippen molar-refractivity contribution in [1.82, 2.24) is 26.2 Å². The third kappa shape index (κ3) is 20.9. The lowest BCUT2D eigenvalue weighted by atomic mass is 9.99. The van der Waals surface area contributed by atoms with E-state index in [4.69, 9.17) is 14.2 Å². The molecule has 0 bridgehead atoms. The standard InChI is InChI=1S/C34H52N6O9.C8H10.C7H8.C2H6/c1-9-24(29(43)34(8)20-47-34)37-27(41)18-35-30(44)25(16-21(2)3)38-28(42)19-36-31(45)48-26-11-10-23(17-22(26)4)39-12-14-40(15-13-39)32(46)49-33(5,6)7;1-2-8-6-4-3-5-7-8;1-7-5-3-2-4-6-7;1-2/h10-11,17,21,24-25H,9,12-16,18-20H2,1-8H3,(H,35,44)(H,36,45)(H,37,41)(H,38,42);3-7H,2H2,1H3;2-6H,1H3;1-2H3. The molecule has 2 saturated heterocycles. The van der Waals surface area contributed by atoms with Crippen LogP contribution in [-0.2, 0) is 35.1 Å². The molecule has 0 radical (unpaired) electrons. The number of hydrogen-bond acceptors (Lipinski definition) is 10. The number of benzene rings is 3. The van der Waals surface area contributed by atoms with Gasteiger partial charge in [0.25, 0.3) is 0 Å². The van der Waals surface area contributed by atoms with E-state index in [0.29, 0.717) is 50.5 Å². The van der Waals surface area contributed by atoms with Crippen LogP contribution < -0.4 is 30.9 Å². The Morgan fingerprint density at radius 3 is 1.77 bits per heavy atom. The summed E-state index contributed by atoms with van der Waals surface area (Å²) in [5.41, 5.74) is 2.92. The maximum absolute atomic E-state index is 12.9. The smallest absolute Gasteiger partial charge is 0.413 e. The Balaban J connectivity index is 0.000000731. The summed E-state index contributed by atoms with van der Waals surface area (Å²) >= 11 is 0. The van der Waals surface area contributed by atoms with Gasteiger partial charge in [0.1, 0.15) is 29.5 Å². The van der Waals surface area contributed by atoms with Crippen LogP contribution in [0, 0.1) is 19.8 Å². The van der Waals surface area contributed by atoms with Crippen molar-refractivity contribution in [1.29, 1.82) is 0 Å². The van der Waals surface area contributed by atoms with Gasteiger partial charge in [-0.25, -0.2) is 9.59 Å². The predicted octanol–water partition coefficient (Wildman–Crippen LogP) is 7.31. The molecular formula is C51H76N6O9. The number of rotatable bonds is 15. The van der Waals surface area contributed by atoms with Crippen LogP contribution in [0.2, 0.25) is 0 Å². The average Bonchev–Trinajstić information content (AvgIpc) is 4.05. The molecule has 3 aromatic rings. The number of hydrogen-bond donors (Lipinski definition) is 4. The fourth-order valence-electron chi connectivity index (χ4n) is 6.41. The van der Waals surface area contributed by atoms with Gasteiger partial charge in [0.05, 0.1) is 19.2 Å². The number of aryl methyl sites for hydroxylation is 3. The summed E-state index contributed by atoms with van der Waals surface area (Å²) in [6, 6.07) is 24.4. The van der Waals surface area contributed by atoms with Gasteiger partial charge in [0.15, 0.2) is 5.78 Å². The number of ketones is 1. The van der Waals surface area contributed by atoms with E-state index in [-0.39, 0.29) is 30.8 Å². The third-order valence-electron chi connectivity index (χ3n) is 10.2. The Morgan fingerprint density at radius 1 is 0.773 bits per heavy atom. The highest BCUT2D eigenvalue weighted by molar-refractivity contribution is 5.97. The van der Waals surface area contributed by atoms with Gasteiger partial charge < -0.3 is 45.3 Å². The summed E-state index contributed by atoms with van der Waals surface area (Å²) < 4.78 is 16.1. The second kappa shape index (κ2) is 28.2. The summed E-state index contributed by atoms with van der Waals surface area (Å²) in [4.78, 5) is 79.3. The summed E-state index contributed by atoms with van der Waals surface area (Å²) in [5.74, 6) is -1.60. The zero-order chi connectivity index (χ0) is 49.5. The zero-order valence-corrected chi connectivity index (χ0v) is 41.4. The molecule has 3 atom stereocenters. The maximum atomic E-state index is 12.9. The molecule has 0 saturated carbocycles. The van der Waals surface area contributed by atoms with E-state index < -0.39 is 53.6 Å². The molecule has 0 aliphatic carbocycles. The summed E-state index contributed by atoms with van der Waals surface area (Å²) in [6.45, 7) is 24.5. The number of nitrogens with one attached hydrogen (secondary N) is 4. The molecule has 2 fully saturated rings. The van der Waals surface area contributed by atoms with Crippen molar-refractivity contribution in [2.75, 3.05) is 50.8 Å². The lowest BCUT2D eigenvalue weighted by molar-refractivity contribution is -0.132. The fraction of sp³-hybridized carbons (Fsp3) is 0.529. The van der Waals surface area contributed by atoms with Gasteiger partial charge in [-0.2, -0.15) is 0 Å². The Labute approximate surface area is 393 Å². The van der Waals surface area contributed by atoms with E-state index in [1.807, 2.05) is 84.9 Å². The first-order valence-corrected chi connectivity index (χ1v) is 23.1. The molecule has 0 aromatic heterocycles. The SMILES string of the molecule is CC.CCC(NC(=O)CNC(=O)C(CC(C)C)NC(=O)CNC(=O)Oc1ccc(N2CCN(C(=O)OC(C)(C)C)CC2)cc1C)C(=O)C1(C)CO1.CCc1ccccc1.Cc1ccccc1. The largest absolute Gasteiger partial charge is 0.444 e. The minimum Gasteiger partial charge on any atom is -0.444 e. The van der Waals surface area contributed by atoms with E-state index in [1.54, 1.807) is 31.7 Å². The molecule has 5 amide bonds. The van der Waals surface area contributed by atoms with Crippen molar-refractivity contribution in [3.63, 3.8) is 0 Å². The third-order valence-corrected chi connectivity index (χ3v) is 10.2. The van der Waals surface area contributed by atoms with Gasteiger partial charge in [-0.15, -0.1) is 0 Å². The van der Waals surface area contributed by atoms with Crippen LogP contribution in [0.3, 0.4) is 0 Å². The number of carbonyl (C=O) groups is 6. The van der Waals surface area contributed by atoms with Crippen LogP contribution >= 0.6 is 0 Å². The monoisotopic (exact) mass is 917 g/mol. The van der Waals surface area contributed by atoms with E-state index in [1.165, 1.54) is 11.1 Å². The Kier molecular flexibility index (Phi) is 24.0. The number of anilines is 1. The Bertz CT molecular complexity index is 1980. The predicted molar refractivity (Wildman–Crippen MR) is 260 cm³/mol. The van der Waals surface area contributed by atoms with Crippen molar-refractivity contribution in [2.24, 2.45) is 5.92 Å². The molecule has 0 spiro atoms. The molecule has 3 aromatic carbocycles. The van der Waals surface area contributed by atoms with Crippen molar-refractivity contribution >= 4 is 41.4 Å². The van der Waals surface area contributed by atoms with E-state index in [0.717, 1.165) is 12.1 Å². The summed E-state index contributed by atoms with van der Waals surface area (Å²) in [7, 11) is 0.